The minimum absolute atomic E-state index is 0.0225. The predicted molar refractivity (Wildman–Crippen MR) is 80.1 cm³/mol. The summed E-state index contributed by atoms with van der Waals surface area (Å²) in [6.07, 6.45) is 0.452. The Morgan fingerprint density at radius 3 is 2.05 bits per heavy atom. The van der Waals surface area contributed by atoms with Crippen molar-refractivity contribution in [1.29, 1.82) is 0 Å². The van der Waals surface area contributed by atoms with E-state index >= 15 is 0 Å². The van der Waals surface area contributed by atoms with Crippen molar-refractivity contribution < 1.29 is 4.79 Å². The Morgan fingerprint density at radius 1 is 1.00 bits per heavy atom. The van der Waals surface area contributed by atoms with E-state index in [4.69, 9.17) is 11.6 Å². The fourth-order valence-electron chi connectivity index (χ4n) is 2.46. The molecule has 1 fully saturated rings. The maximum Gasteiger partial charge on any atom is 0.236 e. The highest BCUT2D eigenvalue weighted by molar-refractivity contribution is 6.30. The number of rotatable bonds is 2. The molecule has 2 N–H and O–H groups in total. The molecule has 3 nitrogen and oxygen atoms in total. The first-order chi connectivity index (χ1) is 9.57. The summed E-state index contributed by atoms with van der Waals surface area (Å²) in [5, 5.41) is 0.734. The number of benzene rings is 2. The molecule has 0 bridgehead atoms. The molecule has 0 radical (unpaired) electrons. The van der Waals surface area contributed by atoms with Crippen molar-refractivity contribution in [3.8, 4) is 11.1 Å². The fourth-order valence-corrected chi connectivity index (χ4v) is 2.59. The van der Waals surface area contributed by atoms with Gasteiger partial charge in [-0.3, -0.25) is 10.2 Å². The van der Waals surface area contributed by atoms with Crippen LogP contribution in [0.5, 0.6) is 0 Å². The van der Waals surface area contributed by atoms with Crippen LogP contribution in [0.3, 0.4) is 0 Å². The van der Waals surface area contributed by atoms with Crippen LogP contribution >= 0.6 is 11.6 Å². The topological polar surface area (TPSA) is 41.1 Å². The van der Waals surface area contributed by atoms with Crippen molar-refractivity contribution in [1.82, 2.24) is 10.9 Å². The van der Waals surface area contributed by atoms with Crippen LogP contribution in [0.15, 0.2) is 48.5 Å². The van der Waals surface area contributed by atoms with E-state index in [2.05, 4.69) is 35.1 Å². The molecule has 1 aliphatic rings. The zero-order chi connectivity index (χ0) is 14.2. The van der Waals surface area contributed by atoms with Gasteiger partial charge in [0.1, 0.15) is 0 Å². The Kier molecular flexibility index (Phi) is 3.24. The standard InChI is InChI=1S/C16H15ClN2O/c1-16(10-15(20)18-19-16)13-6-2-11(3-7-13)12-4-8-14(17)9-5-12/h2-9,19H,10H2,1H3,(H,18,20). The van der Waals surface area contributed by atoms with Gasteiger partial charge in [-0.25, -0.2) is 5.43 Å². The summed E-state index contributed by atoms with van der Waals surface area (Å²) in [7, 11) is 0. The molecule has 3 rings (SSSR count). The zero-order valence-electron chi connectivity index (χ0n) is 11.1. The number of hydrazine groups is 1. The average Bonchev–Trinajstić information content (AvgIpc) is 2.81. The second kappa shape index (κ2) is 4.93. The van der Waals surface area contributed by atoms with Crippen LogP contribution < -0.4 is 10.9 Å². The Labute approximate surface area is 122 Å². The molecule has 0 saturated carbocycles. The summed E-state index contributed by atoms with van der Waals surface area (Å²) in [6, 6.07) is 16.0. The van der Waals surface area contributed by atoms with Gasteiger partial charge in [-0.2, -0.15) is 0 Å². The molecule has 1 saturated heterocycles. The summed E-state index contributed by atoms with van der Waals surface area (Å²) in [6.45, 7) is 2.02. The van der Waals surface area contributed by atoms with Gasteiger partial charge in [0.25, 0.3) is 0 Å². The second-order valence-corrected chi connectivity index (χ2v) is 5.70. The van der Waals surface area contributed by atoms with Crippen molar-refractivity contribution in [2.45, 2.75) is 18.9 Å². The lowest BCUT2D eigenvalue weighted by molar-refractivity contribution is -0.119. The van der Waals surface area contributed by atoms with Gasteiger partial charge >= 0.3 is 0 Å². The van der Waals surface area contributed by atoms with Crippen molar-refractivity contribution in [2.75, 3.05) is 0 Å². The molecular formula is C16H15ClN2O. The molecule has 102 valence electrons. The van der Waals surface area contributed by atoms with Crippen molar-refractivity contribution in [3.05, 3.63) is 59.1 Å². The maximum absolute atomic E-state index is 11.4. The molecule has 0 aromatic heterocycles. The molecule has 1 amide bonds. The van der Waals surface area contributed by atoms with Gasteiger partial charge < -0.3 is 0 Å². The van der Waals surface area contributed by atoms with Crippen LogP contribution in [0, 0.1) is 0 Å². The molecule has 20 heavy (non-hydrogen) atoms. The van der Waals surface area contributed by atoms with E-state index in [0.717, 1.165) is 21.7 Å². The Hall–Kier alpha value is -1.84. The normalized spacial score (nSPS) is 21.8. The Morgan fingerprint density at radius 2 is 1.55 bits per heavy atom. The van der Waals surface area contributed by atoms with Gasteiger partial charge in [-0.15, -0.1) is 0 Å². The van der Waals surface area contributed by atoms with Crippen LogP contribution in [0.25, 0.3) is 11.1 Å². The first-order valence-electron chi connectivity index (χ1n) is 6.49. The first kappa shape index (κ1) is 13.2. The number of hydrogen-bond donors (Lipinski definition) is 2. The average molecular weight is 287 g/mol. The summed E-state index contributed by atoms with van der Waals surface area (Å²) in [4.78, 5) is 11.4. The molecule has 0 aliphatic carbocycles. The van der Waals surface area contributed by atoms with E-state index in [9.17, 15) is 4.79 Å². The third kappa shape index (κ3) is 2.42. The van der Waals surface area contributed by atoms with Gasteiger partial charge in [0.2, 0.25) is 5.91 Å². The Bertz CT molecular complexity index is 637. The summed E-state index contributed by atoms with van der Waals surface area (Å²) in [5.74, 6) is 0.0225. The lowest BCUT2D eigenvalue weighted by atomic mass is 9.89. The first-order valence-corrected chi connectivity index (χ1v) is 6.87. The molecule has 2 aromatic carbocycles. The largest absolute Gasteiger partial charge is 0.291 e. The summed E-state index contributed by atoms with van der Waals surface area (Å²) >= 11 is 5.90. The molecule has 2 aromatic rings. The lowest BCUT2D eigenvalue weighted by Gasteiger charge is -2.23. The molecule has 1 atom stereocenters. The highest BCUT2D eigenvalue weighted by atomic mass is 35.5. The summed E-state index contributed by atoms with van der Waals surface area (Å²) in [5.41, 5.74) is 8.72. The number of hydrogen-bond acceptors (Lipinski definition) is 2. The van der Waals surface area contributed by atoms with E-state index < -0.39 is 0 Å². The van der Waals surface area contributed by atoms with Gasteiger partial charge in [-0.1, -0.05) is 48.0 Å². The molecular weight excluding hydrogens is 272 g/mol. The highest BCUT2D eigenvalue weighted by Gasteiger charge is 2.35. The van der Waals surface area contributed by atoms with E-state index in [1.807, 2.05) is 31.2 Å². The van der Waals surface area contributed by atoms with Crippen molar-refractivity contribution in [3.63, 3.8) is 0 Å². The molecule has 0 spiro atoms. The minimum atomic E-state index is -0.338. The number of halogens is 1. The fraction of sp³-hybridized carbons (Fsp3) is 0.188. The smallest absolute Gasteiger partial charge is 0.236 e. The van der Waals surface area contributed by atoms with E-state index in [-0.39, 0.29) is 11.4 Å². The van der Waals surface area contributed by atoms with Crippen LogP contribution in [0.4, 0.5) is 0 Å². The number of amides is 1. The number of carbonyl (C=O) groups excluding carboxylic acids is 1. The summed E-state index contributed by atoms with van der Waals surface area (Å²) < 4.78 is 0. The molecule has 1 heterocycles. The van der Waals surface area contributed by atoms with E-state index in [1.165, 1.54) is 0 Å². The monoisotopic (exact) mass is 286 g/mol. The van der Waals surface area contributed by atoms with Crippen LogP contribution in [0.1, 0.15) is 18.9 Å². The third-order valence-electron chi connectivity index (χ3n) is 3.69. The van der Waals surface area contributed by atoms with Crippen LogP contribution in [-0.4, -0.2) is 5.91 Å². The molecule has 1 unspecified atom stereocenters. The zero-order valence-corrected chi connectivity index (χ0v) is 11.9. The van der Waals surface area contributed by atoms with Crippen LogP contribution in [-0.2, 0) is 10.3 Å². The van der Waals surface area contributed by atoms with Gasteiger partial charge in [0, 0.05) is 5.02 Å². The molecule has 1 aliphatic heterocycles. The van der Waals surface area contributed by atoms with Crippen molar-refractivity contribution >= 4 is 17.5 Å². The van der Waals surface area contributed by atoms with E-state index in [0.29, 0.717) is 6.42 Å². The lowest BCUT2D eigenvalue weighted by Crippen LogP contribution is -2.38. The highest BCUT2D eigenvalue weighted by Crippen LogP contribution is 2.29. The maximum atomic E-state index is 11.4. The van der Waals surface area contributed by atoms with Gasteiger partial charge in [0.15, 0.2) is 0 Å². The predicted octanol–water partition coefficient (Wildman–Crippen LogP) is 3.25. The number of carbonyl (C=O) groups is 1. The van der Waals surface area contributed by atoms with E-state index in [1.54, 1.807) is 0 Å². The van der Waals surface area contributed by atoms with Gasteiger partial charge in [-0.05, 0) is 35.7 Å². The minimum Gasteiger partial charge on any atom is -0.291 e. The number of nitrogens with one attached hydrogen (secondary N) is 2. The van der Waals surface area contributed by atoms with Crippen molar-refractivity contribution in [2.24, 2.45) is 0 Å². The third-order valence-corrected chi connectivity index (χ3v) is 3.94. The molecule has 4 heteroatoms. The second-order valence-electron chi connectivity index (χ2n) is 5.27. The Balaban J connectivity index is 1.88. The van der Waals surface area contributed by atoms with Gasteiger partial charge in [0.05, 0.1) is 12.0 Å². The van der Waals surface area contributed by atoms with Crippen LogP contribution in [0.2, 0.25) is 5.02 Å². The SMILES string of the molecule is CC1(c2ccc(-c3ccc(Cl)cc3)cc2)CC(=O)NN1. The quantitative estimate of drug-likeness (QED) is 0.890.